The van der Waals surface area contributed by atoms with Gasteiger partial charge in [-0.3, -0.25) is 9.78 Å². The second kappa shape index (κ2) is 7.90. The Balaban J connectivity index is 1.42. The summed E-state index contributed by atoms with van der Waals surface area (Å²) in [4.78, 5) is 18.3. The first kappa shape index (κ1) is 16.4. The van der Waals surface area contributed by atoms with Crippen molar-refractivity contribution < 1.29 is 13.9 Å². The van der Waals surface area contributed by atoms with Crippen LogP contribution in [-0.2, 0) is 11.2 Å². The number of pyridine rings is 1. The summed E-state index contributed by atoms with van der Waals surface area (Å²) in [7, 11) is 0. The molecule has 0 unspecified atom stereocenters. The average Bonchev–Trinajstić information content (AvgIpc) is 2.63. The summed E-state index contributed by atoms with van der Waals surface area (Å²) in [6.07, 6.45) is 6.45. The number of rotatable bonds is 5. The van der Waals surface area contributed by atoms with Crippen LogP contribution in [0.2, 0.25) is 0 Å². The summed E-state index contributed by atoms with van der Waals surface area (Å²) in [5.74, 6) is 0.591. The number of likely N-dealkylation sites (tertiary alicyclic amines) is 1. The number of ether oxygens (including phenoxy) is 1. The molecule has 1 fully saturated rings. The van der Waals surface area contributed by atoms with Gasteiger partial charge in [-0.1, -0.05) is 6.07 Å². The fraction of sp³-hybridized carbons (Fsp3) is 0.368. The van der Waals surface area contributed by atoms with Crippen molar-refractivity contribution in [3.63, 3.8) is 0 Å². The number of halogens is 1. The first-order chi connectivity index (χ1) is 11.7. The number of carbonyl (C=O) groups is 1. The van der Waals surface area contributed by atoms with Crippen LogP contribution >= 0.6 is 0 Å². The van der Waals surface area contributed by atoms with E-state index in [1.54, 1.807) is 24.5 Å². The number of benzene rings is 1. The number of aromatic nitrogens is 1. The zero-order chi connectivity index (χ0) is 16.8. The minimum atomic E-state index is -0.267. The molecule has 0 bridgehead atoms. The SMILES string of the molecule is O=C(CCc1cccnc1)N1CCC(Oc2ccc(F)cc2)CC1. The van der Waals surface area contributed by atoms with Gasteiger partial charge in [-0.05, 0) is 42.3 Å². The predicted octanol–water partition coefficient (Wildman–Crippen LogP) is 3.22. The van der Waals surface area contributed by atoms with Crippen molar-refractivity contribution in [1.29, 1.82) is 0 Å². The fourth-order valence-electron chi connectivity index (χ4n) is 2.88. The van der Waals surface area contributed by atoms with Crippen LogP contribution in [0, 0.1) is 5.82 Å². The molecular formula is C19H21FN2O2. The minimum absolute atomic E-state index is 0.0813. The summed E-state index contributed by atoms with van der Waals surface area (Å²) in [5, 5.41) is 0. The summed E-state index contributed by atoms with van der Waals surface area (Å²) < 4.78 is 18.8. The van der Waals surface area contributed by atoms with Crippen molar-refractivity contribution in [2.45, 2.75) is 31.8 Å². The van der Waals surface area contributed by atoms with E-state index in [9.17, 15) is 9.18 Å². The Bertz CT molecular complexity index is 653. The van der Waals surface area contributed by atoms with Crippen molar-refractivity contribution in [3.05, 3.63) is 60.2 Å². The molecule has 1 amide bonds. The van der Waals surface area contributed by atoms with Crippen molar-refractivity contribution in [2.24, 2.45) is 0 Å². The van der Waals surface area contributed by atoms with Gasteiger partial charge >= 0.3 is 0 Å². The van der Waals surface area contributed by atoms with Gasteiger partial charge in [0.15, 0.2) is 0 Å². The van der Waals surface area contributed by atoms with Crippen molar-refractivity contribution in [2.75, 3.05) is 13.1 Å². The van der Waals surface area contributed by atoms with Crippen LogP contribution in [0.3, 0.4) is 0 Å². The summed E-state index contributed by atoms with van der Waals surface area (Å²) in [5.41, 5.74) is 1.08. The van der Waals surface area contributed by atoms with E-state index in [0.717, 1.165) is 24.8 Å². The topological polar surface area (TPSA) is 42.4 Å². The van der Waals surface area contributed by atoms with Crippen LogP contribution in [0.4, 0.5) is 4.39 Å². The molecule has 1 aliphatic rings. The second-order valence-electron chi connectivity index (χ2n) is 6.01. The Morgan fingerprint density at radius 1 is 1.21 bits per heavy atom. The molecule has 0 spiro atoms. The van der Waals surface area contributed by atoms with Crippen molar-refractivity contribution in [3.8, 4) is 5.75 Å². The number of carbonyl (C=O) groups excluding carboxylic acids is 1. The van der Waals surface area contributed by atoms with E-state index in [1.165, 1.54) is 12.1 Å². The maximum atomic E-state index is 12.9. The third-order valence-electron chi connectivity index (χ3n) is 4.26. The van der Waals surface area contributed by atoms with Crippen molar-refractivity contribution >= 4 is 5.91 Å². The minimum Gasteiger partial charge on any atom is -0.490 e. The van der Waals surface area contributed by atoms with E-state index < -0.39 is 0 Å². The Hall–Kier alpha value is -2.43. The lowest BCUT2D eigenvalue weighted by atomic mass is 10.1. The Kier molecular flexibility index (Phi) is 5.41. The molecule has 126 valence electrons. The van der Waals surface area contributed by atoms with Gasteiger partial charge in [0.25, 0.3) is 0 Å². The first-order valence-electron chi connectivity index (χ1n) is 8.29. The molecule has 2 heterocycles. The highest BCUT2D eigenvalue weighted by molar-refractivity contribution is 5.76. The maximum Gasteiger partial charge on any atom is 0.222 e. The molecule has 0 N–H and O–H groups in total. The van der Waals surface area contributed by atoms with Gasteiger partial charge < -0.3 is 9.64 Å². The number of hydrogen-bond acceptors (Lipinski definition) is 3. The first-order valence-corrected chi connectivity index (χ1v) is 8.29. The average molecular weight is 328 g/mol. The number of amides is 1. The maximum absolute atomic E-state index is 12.9. The standard InChI is InChI=1S/C19H21FN2O2/c20-16-4-6-17(7-5-16)24-18-9-12-22(13-10-18)19(23)8-3-15-2-1-11-21-14-15/h1-2,4-7,11,14,18H,3,8-10,12-13H2. The summed E-state index contributed by atoms with van der Waals surface area (Å²) >= 11 is 0. The highest BCUT2D eigenvalue weighted by atomic mass is 19.1. The van der Waals surface area contributed by atoms with Crippen LogP contribution in [-0.4, -0.2) is 35.0 Å². The molecule has 1 aromatic heterocycles. The zero-order valence-electron chi connectivity index (χ0n) is 13.5. The smallest absolute Gasteiger partial charge is 0.222 e. The quantitative estimate of drug-likeness (QED) is 0.846. The molecule has 2 aromatic rings. The molecule has 3 rings (SSSR count). The van der Waals surface area contributed by atoms with Crippen LogP contribution in [0.5, 0.6) is 5.75 Å². The lowest BCUT2D eigenvalue weighted by Crippen LogP contribution is -2.41. The molecule has 0 saturated carbocycles. The van der Waals surface area contributed by atoms with Gasteiger partial charge in [-0.2, -0.15) is 0 Å². The largest absolute Gasteiger partial charge is 0.490 e. The van der Waals surface area contributed by atoms with Gasteiger partial charge in [0.2, 0.25) is 5.91 Å². The van der Waals surface area contributed by atoms with E-state index in [2.05, 4.69) is 4.98 Å². The van der Waals surface area contributed by atoms with Crippen LogP contribution in [0.15, 0.2) is 48.8 Å². The predicted molar refractivity (Wildman–Crippen MR) is 89.2 cm³/mol. The monoisotopic (exact) mass is 328 g/mol. The highest BCUT2D eigenvalue weighted by Gasteiger charge is 2.23. The normalized spacial score (nSPS) is 15.3. The van der Waals surface area contributed by atoms with E-state index in [1.807, 2.05) is 17.0 Å². The van der Waals surface area contributed by atoms with Gasteiger partial charge in [-0.25, -0.2) is 4.39 Å². The molecule has 1 aromatic carbocycles. The van der Waals surface area contributed by atoms with E-state index in [-0.39, 0.29) is 17.8 Å². The molecule has 24 heavy (non-hydrogen) atoms. The van der Waals surface area contributed by atoms with Crippen molar-refractivity contribution in [1.82, 2.24) is 9.88 Å². The molecular weight excluding hydrogens is 307 g/mol. The van der Waals surface area contributed by atoms with Crippen LogP contribution < -0.4 is 4.74 Å². The summed E-state index contributed by atoms with van der Waals surface area (Å²) in [6, 6.07) is 9.95. The second-order valence-corrected chi connectivity index (χ2v) is 6.01. The van der Waals surface area contributed by atoms with E-state index in [4.69, 9.17) is 4.74 Å². The number of hydrogen-bond donors (Lipinski definition) is 0. The number of aryl methyl sites for hydroxylation is 1. The molecule has 4 nitrogen and oxygen atoms in total. The van der Waals surface area contributed by atoms with Gasteiger partial charge in [0.1, 0.15) is 17.7 Å². The van der Waals surface area contributed by atoms with E-state index in [0.29, 0.717) is 25.3 Å². The van der Waals surface area contributed by atoms with Gasteiger partial charge in [-0.15, -0.1) is 0 Å². The van der Waals surface area contributed by atoms with Crippen LogP contribution in [0.1, 0.15) is 24.8 Å². The molecule has 1 saturated heterocycles. The highest BCUT2D eigenvalue weighted by Crippen LogP contribution is 2.20. The third-order valence-corrected chi connectivity index (χ3v) is 4.26. The molecule has 0 aliphatic carbocycles. The lowest BCUT2D eigenvalue weighted by molar-refractivity contribution is -0.132. The molecule has 0 atom stereocenters. The van der Waals surface area contributed by atoms with E-state index >= 15 is 0 Å². The summed E-state index contributed by atoms with van der Waals surface area (Å²) in [6.45, 7) is 1.41. The third kappa shape index (κ3) is 4.54. The van der Waals surface area contributed by atoms with Gasteiger partial charge in [0.05, 0.1) is 0 Å². The number of nitrogens with zero attached hydrogens (tertiary/aromatic N) is 2. The zero-order valence-corrected chi connectivity index (χ0v) is 13.5. The van der Waals surface area contributed by atoms with Gasteiger partial charge in [0, 0.05) is 44.7 Å². The fourth-order valence-corrected chi connectivity index (χ4v) is 2.88. The Morgan fingerprint density at radius 3 is 2.62 bits per heavy atom. The molecule has 5 heteroatoms. The number of piperidine rings is 1. The molecule has 1 aliphatic heterocycles. The Labute approximate surface area is 141 Å². The molecule has 0 radical (unpaired) electrons. The lowest BCUT2D eigenvalue weighted by Gasteiger charge is -2.32. The van der Waals surface area contributed by atoms with Crippen LogP contribution in [0.25, 0.3) is 0 Å². The Morgan fingerprint density at radius 2 is 1.96 bits per heavy atom.